The Bertz CT molecular complexity index is 594. The van der Waals surface area contributed by atoms with Crippen LogP contribution in [0.3, 0.4) is 0 Å². The van der Waals surface area contributed by atoms with Gasteiger partial charge in [-0.05, 0) is 45.0 Å². The van der Waals surface area contributed by atoms with E-state index in [0.29, 0.717) is 11.7 Å². The first-order chi connectivity index (χ1) is 11.4. The minimum Gasteiger partial charge on any atom is -0.369 e. The molecule has 1 N–H and O–H groups in total. The molecular weight excluding hydrogens is 306 g/mol. The Morgan fingerprint density at radius 3 is 2.25 bits per heavy atom. The van der Waals surface area contributed by atoms with Gasteiger partial charge in [0.05, 0.1) is 0 Å². The molecule has 0 saturated carbocycles. The molecule has 0 aromatic heterocycles. The normalized spacial score (nSPS) is 14.4. The molecule has 1 aliphatic heterocycles. The predicted molar refractivity (Wildman–Crippen MR) is 93.8 cm³/mol. The van der Waals surface area contributed by atoms with Crippen molar-refractivity contribution in [2.45, 2.75) is 46.1 Å². The van der Waals surface area contributed by atoms with E-state index in [9.17, 15) is 14.4 Å². The fourth-order valence-electron chi connectivity index (χ4n) is 2.89. The lowest BCUT2D eigenvalue weighted by atomic mass is 10.2. The zero-order valence-electron chi connectivity index (χ0n) is 14.5. The van der Waals surface area contributed by atoms with E-state index in [2.05, 4.69) is 31.0 Å². The van der Waals surface area contributed by atoms with Gasteiger partial charge in [-0.15, -0.1) is 0 Å². The lowest BCUT2D eigenvalue weighted by molar-refractivity contribution is -0.138. The molecular formula is C18H25N3O3. The third kappa shape index (κ3) is 4.34. The lowest BCUT2D eigenvalue weighted by Crippen LogP contribution is -2.32. The molecule has 3 amide bonds. The Morgan fingerprint density at radius 1 is 1.17 bits per heavy atom. The molecule has 0 aliphatic carbocycles. The molecule has 1 aromatic rings. The van der Waals surface area contributed by atoms with Gasteiger partial charge in [0.15, 0.2) is 0 Å². The van der Waals surface area contributed by atoms with Crippen LogP contribution in [0.1, 0.15) is 40.0 Å². The van der Waals surface area contributed by atoms with Crippen LogP contribution in [0.5, 0.6) is 0 Å². The van der Waals surface area contributed by atoms with E-state index in [1.807, 2.05) is 24.3 Å². The fraction of sp³-hybridized carbons (Fsp3) is 0.500. The lowest BCUT2D eigenvalue weighted by Gasteiger charge is -2.27. The molecule has 0 atom stereocenters. The van der Waals surface area contributed by atoms with Crippen molar-refractivity contribution < 1.29 is 14.4 Å². The molecule has 1 heterocycles. The highest BCUT2D eigenvalue weighted by molar-refractivity contribution is 6.02. The van der Waals surface area contributed by atoms with Crippen LogP contribution in [-0.4, -0.2) is 41.8 Å². The Labute approximate surface area is 142 Å². The number of likely N-dealkylation sites (tertiary alicyclic amines) is 1. The van der Waals surface area contributed by atoms with Gasteiger partial charge in [0.25, 0.3) is 0 Å². The number of anilines is 2. The zero-order chi connectivity index (χ0) is 17.7. The van der Waals surface area contributed by atoms with Gasteiger partial charge in [-0.25, -0.2) is 0 Å². The van der Waals surface area contributed by atoms with Gasteiger partial charge in [0.2, 0.25) is 17.7 Å². The third-order valence-electron chi connectivity index (χ3n) is 4.16. The van der Waals surface area contributed by atoms with E-state index < -0.39 is 0 Å². The topological polar surface area (TPSA) is 69.7 Å². The average Bonchev–Trinajstić information content (AvgIpc) is 2.86. The number of hydrogen-bond acceptors (Lipinski definition) is 4. The standard InChI is InChI=1S/C18H25N3O3/c1-4-20(13(2)3)15-7-5-14(6-8-15)19-16(22)11-12-21-17(23)9-10-18(21)24/h5-8,13H,4,9-12H2,1-3H3,(H,19,22). The van der Waals surface area contributed by atoms with Crippen LogP contribution in [0.4, 0.5) is 11.4 Å². The SMILES string of the molecule is CCN(c1ccc(NC(=O)CCN2C(=O)CCC2=O)cc1)C(C)C. The largest absolute Gasteiger partial charge is 0.369 e. The van der Waals surface area contributed by atoms with Gasteiger partial charge < -0.3 is 10.2 Å². The molecule has 1 aliphatic rings. The maximum absolute atomic E-state index is 12.0. The number of amides is 3. The smallest absolute Gasteiger partial charge is 0.229 e. The Morgan fingerprint density at radius 2 is 1.75 bits per heavy atom. The summed E-state index contributed by atoms with van der Waals surface area (Å²) in [5.74, 6) is -0.581. The van der Waals surface area contributed by atoms with Crippen molar-refractivity contribution in [2.75, 3.05) is 23.3 Å². The van der Waals surface area contributed by atoms with E-state index in [0.717, 1.165) is 12.2 Å². The molecule has 6 heteroatoms. The van der Waals surface area contributed by atoms with Crippen molar-refractivity contribution in [1.82, 2.24) is 4.90 Å². The van der Waals surface area contributed by atoms with Crippen LogP contribution < -0.4 is 10.2 Å². The zero-order valence-corrected chi connectivity index (χ0v) is 14.5. The molecule has 0 bridgehead atoms. The maximum atomic E-state index is 12.0. The van der Waals surface area contributed by atoms with E-state index >= 15 is 0 Å². The second-order valence-electron chi connectivity index (χ2n) is 6.16. The van der Waals surface area contributed by atoms with Crippen molar-refractivity contribution in [3.05, 3.63) is 24.3 Å². The van der Waals surface area contributed by atoms with Gasteiger partial charge in [-0.3, -0.25) is 19.3 Å². The highest BCUT2D eigenvalue weighted by Gasteiger charge is 2.28. The van der Waals surface area contributed by atoms with Crippen molar-refractivity contribution >= 4 is 29.1 Å². The van der Waals surface area contributed by atoms with Gasteiger partial charge in [0.1, 0.15) is 0 Å². The van der Waals surface area contributed by atoms with Crippen molar-refractivity contribution in [3.63, 3.8) is 0 Å². The number of benzene rings is 1. The number of imide groups is 1. The molecule has 1 aromatic carbocycles. The number of rotatable bonds is 7. The summed E-state index contributed by atoms with van der Waals surface area (Å²) in [5.41, 5.74) is 1.82. The monoisotopic (exact) mass is 331 g/mol. The Kier molecular flexibility index (Phi) is 5.95. The molecule has 0 unspecified atom stereocenters. The second kappa shape index (κ2) is 7.95. The summed E-state index contributed by atoms with van der Waals surface area (Å²) in [7, 11) is 0. The van der Waals surface area contributed by atoms with E-state index in [4.69, 9.17) is 0 Å². The van der Waals surface area contributed by atoms with Crippen molar-refractivity contribution in [1.29, 1.82) is 0 Å². The first kappa shape index (κ1) is 18.0. The van der Waals surface area contributed by atoms with E-state index in [-0.39, 0.29) is 43.5 Å². The van der Waals surface area contributed by atoms with Gasteiger partial charge in [-0.2, -0.15) is 0 Å². The van der Waals surface area contributed by atoms with Crippen LogP contribution >= 0.6 is 0 Å². The number of nitrogens with one attached hydrogen (secondary N) is 1. The highest BCUT2D eigenvalue weighted by atomic mass is 16.2. The predicted octanol–water partition coefficient (Wildman–Crippen LogP) is 2.40. The fourth-order valence-corrected chi connectivity index (χ4v) is 2.89. The quantitative estimate of drug-likeness (QED) is 0.779. The molecule has 0 spiro atoms. The highest BCUT2D eigenvalue weighted by Crippen LogP contribution is 2.20. The first-order valence-corrected chi connectivity index (χ1v) is 8.42. The number of nitrogens with zero attached hydrogens (tertiary/aromatic N) is 2. The Balaban J connectivity index is 1.88. The summed E-state index contributed by atoms with van der Waals surface area (Å²) in [6.45, 7) is 7.46. The summed E-state index contributed by atoms with van der Waals surface area (Å²) < 4.78 is 0. The summed E-state index contributed by atoms with van der Waals surface area (Å²) in [6, 6.07) is 8.10. The molecule has 6 nitrogen and oxygen atoms in total. The number of carbonyl (C=O) groups is 3. The molecule has 1 saturated heterocycles. The van der Waals surface area contributed by atoms with Gasteiger partial charge in [0, 0.05) is 49.8 Å². The summed E-state index contributed by atoms with van der Waals surface area (Å²) >= 11 is 0. The summed E-state index contributed by atoms with van der Waals surface area (Å²) in [4.78, 5) is 38.4. The molecule has 1 fully saturated rings. The number of hydrogen-bond donors (Lipinski definition) is 1. The average molecular weight is 331 g/mol. The minimum atomic E-state index is -0.202. The van der Waals surface area contributed by atoms with Crippen molar-refractivity contribution in [2.24, 2.45) is 0 Å². The van der Waals surface area contributed by atoms with Crippen molar-refractivity contribution in [3.8, 4) is 0 Å². The maximum Gasteiger partial charge on any atom is 0.229 e. The van der Waals surface area contributed by atoms with Crippen LogP contribution in [-0.2, 0) is 14.4 Å². The summed E-state index contributed by atoms with van der Waals surface area (Å²) in [5, 5.41) is 2.80. The minimum absolute atomic E-state index is 0.117. The van der Waals surface area contributed by atoms with E-state index in [1.165, 1.54) is 4.90 Å². The molecule has 130 valence electrons. The van der Waals surface area contributed by atoms with Crippen LogP contribution in [0.2, 0.25) is 0 Å². The van der Waals surface area contributed by atoms with Crippen LogP contribution in [0.15, 0.2) is 24.3 Å². The molecule has 2 rings (SSSR count). The number of carbonyl (C=O) groups excluding carboxylic acids is 3. The molecule has 24 heavy (non-hydrogen) atoms. The summed E-state index contributed by atoms with van der Waals surface area (Å²) in [6.07, 6.45) is 0.629. The van der Waals surface area contributed by atoms with Gasteiger partial charge >= 0.3 is 0 Å². The Hall–Kier alpha value is -2.37. The van der Waals surface area contributed by atoms with Crippen LogP contribution in [0, 0.1) is 0 Å². The second-order valence-corrected chi connectivity index (χ2v) is 6.16. The van der Waals surface area contributed by atoms with Crippen LogP contribution in [0.25, 0.3) is 0 Å². The molecule has 0 radical (unpaired) electrons. The van der Waals surface area contributed by atoms with Gasteiger partial charge in [-0.1, -0.05) is 0 Å². The van der Waals surface area contributed by atoms with E-state index in [1.54, 1.807) is 0 Å². The third-order valence-corrected chi connectivity index (χ3v) is 4.16. The first-order valence-electron chi connectivity index (χ1n) is 8.42.